The maximum absolute atomic E-state index is 11.2. The first kappa shape index (κ1) is 25.1. The van der Waals surface area contributed by atoms with Gasteiger partial charge in [-0.3, -0.25) is 0 Å². The van der Waals surface area contributed by atoms with E-state index in [9.17, 15) is 9.90 Å². The number of anilines is 2. The van der Waals surface area contributed by atoms with Crippen molar-refractivity contribution in [1.82, 2.24) is 4.98 Å². The summed E-state index contributed by atoms with van der Waals surface area (Å²) < 4.78 is 1.14. The molecule has 0 radical (unpaired) electrons. The van der Waals surface area contributed by atoms with Gasteiger partial charge in [0.2, 0.25) is 5.96 Å². The molecule has 0 aliphatic heterocycles. The van der Waals surface area contributed by atoms with Crippen LogP contribution in [-0.4, -0.2) is 33.9 Å². The molecule has 1 atom stereocenters. The zero-order valence-electron chi connectivity index (χ0n) is 20.5. The van der Waals surface area contributed by atoms with Crippen LogP contribution >= 0.6 is 11.3 Å². The van der Waals surface area contributed by atoms with Crippen LogP contribution in [0.4, 0.5) is 10.8 Å². The van der Waals surface area contributed by atoms with Crippen molar-refractivity contribution in [3.05, 3.63) is 89.5 Å². The quantitative estimate of drug-likeness (QED) is 0.190. The average Bonchev–Trinajstić information content (AvgIpc) is 3.25. The van der Waals surface area contributed by atoms with E-state index in [4.69, 9.17) is 9.98 Å². The summed E-state index contributed by atoms with van der Waals surface area (Å²) in [6.07, 6.45) is 1.38. The largest absolute Gasteiger partial charge is 0.478 e. The third-order valence-corrected chi connectivity index (χ3v) is 6.45. The van der Waals surface area contributed by atoms with Crippen molar-refractivity contribution in [2.24, 2.45) is 9.98 Å². The molecule has 1 aromatic heterocycles. The molecule has 7 nitrogen and oxygen atoms in total. The molecule has 0 spiro atoms. The molecule has 8 heteroatoms. The van der Waals surface area contributed by atoms with E-state index in [0.29, 0.717) is 18.1 Å². The Hall–Kier alpha value is -4.04. The Bertz CT molecular complexity index is 1390. The number of hydrogen-bond donors (Lipinski definition) is 3. The molecular formula is C28H29N5O2S. The van der Waals surface area contributed by atoms with E-state index in [2.05, 4.69) is 52.9 Å². The predicted molar refractivity (Wildman–Crippen MR) is 150 cm³/mol. The lowest BCUT2D eigenvalue weighted by Gasteiger charge is -2.12. The van der Waals surface area contributed by atoms with Crippen molar-refractivity contribution < 1.29 is 9.90 Å². The molecule has 0 fully saturated rings. The molecule has 0 saturated heterocycles. The SMILES string of the molecule is CCc1ccc2nc(NC(C)N=C(N=C(C)Cc3ccccc3)Nc3ccc(C(=O)O)cc3)sc2c1. The number of nitrogens with zero attached hydrogens (tertiary/aromatic N) is 3. The molecule has 36 heavy (non-hydrogen) atoms. The summed E-state index contributed by atoms with van der Waals surface area (Å²) in [5.74, 6) is -0.534. The Morgan fingerprint density at radius 1 is 1.06 bits per heavy atom. The Labute approximate surface area is 214 Å². The van der Waals surface area contributed by atoms with Crippen molar-refractivity contribution in [2.75, 3.05) is 10.6 Å². The monoisotopic (exact) mass is 499 g/mol. The van der Waals surface area contributed by atoms with Crippen LogP contribution in [0.15, 0.2) is 82.8 Å². The number of fused-ring (bicyclic) bond motifs is 1. The van der Waals surface area contributed by atoms with Crippen LogP contribution in [0.1, 0.15) is 42.3 Å². The second kappa shape index (κ2) is 11.6. The van der Waals surface area contributed by atoms with Gasteiger partial charge in [-0.1, -0.05) is 54.7 Å². The molecule has 3 N–H and O–H groups in total. The van der Waals surface area contributed by atoms with Gasteiger partial charge in [-0.2, -0.15) is 0 Å². The summed E-state index contributed by atoms with van der Waals surface area (Å²) in [5, 5.41) is 16.6. The number of thiazole rings is 1. The first-order valence-corrected chi connectivity index (χ1v) is 12.6. The van der Waals surface area contributed by atoms with Gasteiger partial charge in [0.05, 0.1) is 15.8 Å². The molecule has 0 aliphatic rings. The summed E-state index contributed by atoms with van der Waals surface area (Å²) in [6, 6.07) is 23.0. The molecule has 0 amide bonds. The number of carboxylic acids is 1. The summed E-state index contributed by atoms with van der Waals surface area (Å²) in [7, 11) is 0. The van der Waals surface area contributed by atoms with Gasteiger partial charge in [0.15, 0.2) is 5.13 Å². The molecule has 0 bridgehead atoms. The number of guanidine groups is 1. The van der Waals surface area contributed by atoms with Crippen LogP contribution in [0, 0.1) is 0 Å². The fourth-order valence-electron chi connectivity index (χ4n) is 3.67. The van der Waals surface area contributed by atoms with Crippen molar-refractivity contribution in [1.29, 1.82) is 0 Å². The minimum Gasteiger partial charge on any atom is -0.478 e. The van der Waals surface area contributed by atoms with Crippen LogP contribution in [0.25, 0.3) is 10.2 Å². The molecule has 0 aliphatic carbocycles. The number of rotatable bonds is 8. The molecule has 1 heterocycles. The standard InChI is InChI=1S/C28H29N5O2S/c1-4-20-10-15-24-25(17-20)36-28(33-24)31-19(3)30-27(29-18(2)16-21-8-6-5-7-9-21)32-23-13-11-22(12-14-23)26(34)35/h5-15,17,19H,4,16H2,1-3H3,(H,30,32)(H,31,33)(H,34,35). The number of benzene rings is 3. The van der Waals surface area contributed by atoms with Gasteiger partial charge in [0, 0.05) is 17.8 Å². The van der Waals surface area contributed by atoms with E-state index in [1.807, 2.05) is 32.0 Å². The maximum atomic E-state index is 11.2. The number of hydrogen-bond acceptors (Lipinski definition) is 5. The van der Waals surface area contributed by atoms with Crippen LogP contribution in [0.5, 0.6) is 0 Å². The lowest BCUT2D eigenvalue weighted by atomic mass is 10.1. The van der Waals surface area contributed by atoms with Crippen LogP contribution in [0.3, 0.4) is 0 Å². The van der Waals surface area contributed by atoms with Gasteiger partial charge < -0.3 is 15.7 Å². The van der Waals surface area contributed by atoms with Gasteiger partial charge in [0.25, 0.3) is 0 Å². The third kappa shape index (κ3) is 6.76. The summed E-state index contributed by atoms with van der Waals surface area (Å²) >= 11 is 1.60. The van der Waals surface area contributed by atoms with E-state index in [1.54, 1.807) is 35.6 Å². The van der Waals surface area contributed by atoms with Gasteiger partial charge in [-0.05, 0) is 67.8 Å². The zero-order chi connectivity index (χ0) is 25.5. The van der Waals surface area contributed by atoms with E-state index >= 15 is 0 Å². The molecule has 4 aromatic rings. The number of aryl methyl sites for hydroxylation is 1. The van der Waals surface area contributed by atoms with Crippen LogP contribution in [0.2, 0.25) is 0 Å². The lowest BCUT2D eigenvalue weighted by molar-refractivity contribution is 0.0697. The van der Waals surface area contributed by atoms with Gasteiger partial charge in [-0.25, -0.2) is 19.8 Å². The zero-order valence-corrected chi connectivity index (χ0v) is 21.3. The van der Waals surface area contributed by atoms with Crippen molar-refractivity contribution in [2.45, 2.75) is 39.8 Å². The van der Waals surface area contributed by atoms with Gasteiger partial charge >= 0.3 is 5.97 Å². The predicted octanol–water partition coefficient (Wildman–Crippen LogP) is 6.49. The van der Waals surface area contributed by atoms with Gasteiger partial charge in [0.1, 0.15) is 6.17 Å². The first-order valence-electron chi connectivity index (χ1n) is 11.8. The highest BCUT2D eigenvalue weighted by atomic mass is 32.1. The van der Waals surface area contributed by atoms with E-state index in [0.717, 1.165) is 33.0 Å². The van der Waals surface area contributed by atoms with Gasteiger partial charge in [-0.15, -0.1) is 0 Å². The number of nitrogens with one attached hydrogen (secondary N) is 2. The minimum atomic E-state index is -0.966. The lowest BCUT2D eigenvalue weighted by Crippen LogP contribution is -2.20. The van der Waals surface area contributed by atoms with Crippen LogP contribution < -0.4 is 10.6 Å². The molecule has 3 aromatic carbocycles. The Morgan fingerprint density at radius 2 is 1.81 bits per heavy atom. The Morgan fingerprint density at radius 3 is 2.50 bits per heavy atom. The van der Waals surface area contributed by atoms with E-state index in [1.165, 1.54) is 5.56 Å². The number of aromatic carboxylic acids is 1. The van der Waals surface area contributed by atoms with Crippen molar-refractivity contribution in [3.8, 4) is 0 Å². The topological polar surface area (TPSA) is 99.0 Å². The highest BCUT2D eigenvalue weighted by Gasteiger charge is 2.10. The minimum absolute atomic E-state index is 0.222. The number of aromatic nitrogens is 1. The first-order chi connectivity index (χ1) is 17.4. The Kier molecular flexibility index (Phi) is 8.07. The number of aliphatic imine (C=N–C) groups is 2. The highest BCUT2D eigenvalue weighted by molar-refractivity contribution is 7.22. The molecular weight excluding hydrogens is 470 g/mol. The average molecular weight is 500 g/mol. The van der Waals surface area contributed by atoms with Crippen LogP contribution in [-0.2, 0) is 12.8 Å². The molecule has 184 valence electrons. The highest BCUT2D eigenvalue weighted by Crippen LogP contribution is 2.27. The normalized spacial score (nSPS) is 13.0. The summed E-state index contributed by atoms with van der Waals surface area (Å²) in [5.41, 5.74) is 5.23. The molecule has 4 rings (SSSR count). The number of carbonyl (C=O) groups is 1. The van der Waals surface area contributed by atoms with Crippen molar-refractivity contribution >= 4 is 50.0 Å². The third-order valence-electron chi connectivity index (χ3n) is 5.50. The van der Waals surface area contributed by atoms with Crippen molar-refractivity contribution in [3.63, 3.8) is 0 Å². The fraction of sp³-hybridized carbons (Fsp3) is 0.214. The fourth-order valence-corrected chi connectivity index (χ4v) is 4.68. The van der Waals surface area contributed by atoms with E-state index < -0.39 is 5.97 Å². The van der Waals surface area contributed by atoms with E-state index in [-0.39, 0.29) is 11.7 Å². The molecule has 1 unspecified atom stereocenters. The maximum Gasteiger partial charge on any atom is 0.335 e. The smallest absolute Gasteiger partial charge is 0.335 e. The Balaban J connectivity index is 1.56. The number of carboxylic acid groups (broad SMARTS) is 1. The second-order valence-electron chi connectivity index (χ2n) is 8.46. The summed E-state index contributed by atoms with van der Waals surface area (Å²) in [6.45, 7) is 6.05. The summed E-state index contributed by atoms with van der Waals surface area (Å²) in [4.78, 5) is 25.4. The molecule has 0 saturated carbocycles. The second-order valence-corrected chi connectivity index (χ2v) is 9.50.